The van der Waals surface area contributed by atoms with Gasteiger partial charge in [-0.2, -0.15) is 8.78 Å². The van der Waals surface area contributed by atoms with Crippen LogP contribution in [0.2, 0.25) is 0 Å². The van der Waals surface area contributed by atoms with Gasteiger partial charge in [0, 0.05) is 47.8 Å². The van der Waals surface area contributed by atoms with E-state index in [1.54, 1.807) is 24.5 Å². The van der Waals surface area contributed by atoms with Crippen LogP contribution in [0, 0.1) is 13.8 Å². The summed E-state index contributed by atoms with van der Waals surface area (Å²) < 4.78 is 35.9. The Kier molecular flexibility index (Phi) is 5.74. The summed E-state index contributed by atoms with van der Waals surface area (Å²) in [5.74, 6) is -4.02. The van der Waals surface area contributed by atoms with Crippen molar-refractivity contribution in [1.82, 2.24) is 19.7 Å². The first-order valence-electron chi connectivity index (χ1n) is 11.5. The van der Waals surface area contributed by atoms with Crippen molar-refractivity contribution in [1.29, 1.82) is 0 Å². The van der Waals surface area contributed by atoms with Crippen LogP contribution in [0.5, 0.6) is 0 Å². The minimum absolute atomic E-state index is 0.120. The van der Waals surface area contributed by atoms with E-state index in [9.17, 15) is 13.6 Å². The van der Waals surface area contributed by atoms with Gasteiger partial charge in [-0.05, 0) is 44.5 Å². The lowest BCUT2D eigenvalue weighted by atomic mass is 10.0. The highest BCUT2D eigenvalue weighted by molar-refractivity contribution is 5.95. The minimum Gasteiger partial charge on any atom is -0.361 e. The number of ketones is 1. The van der Waals surface area contributed by atoms with E-state index >= 15 is 0 Å². The standard InChI is InChI=1S/C28H24F2N4O2/c1-16-26(18(3)36-33-16)21-13-25-27(32-14-21)23(15-34(25)17(2)24-7-5-6-12-31-24)20-8-10-22(11-9-20)28(29,30)19(4)35/h5-15,17H,1-4H3/t17-/m0/s1. The maximum absolute atomic E-state index is 14.2. The Morgan fingerprint density at radius 1 is 1.06 bits per heavy atom. The van der Waals surface area contributed by atoms with E-state index < -0.39 is 11.7 Å². The third kappa shape index (κ3) is 3.88. The van der Waals surface area contributed by atoms with E-state index in [0.29, 0.717) is 11.3 Å². The van der Waals surface area contributed by atoms with Crippen LogP contribution in [0.25, 0.3) is 33.3 Å². The molecule has 0 amide bonds. The predicted molar refractivity (Wildman–Crippen MR) is 133 cm³/mol. The number of aryl methyl sites for hydroxylation is 2. The van der Waals surface area contributed by atoms with Crippen LogP contribution >= 0.6 is 0 Å². The maximum Gasteiger partial charge on any atom is 0.330 e. The summed E-state index contributed by atoms with van der Waals surface area (Å²) in [6, 6.07) is 13.5. The topological polar surface area (TPSA) is 73.8 Å². The summed E-state index contributed by atoms with van der Waals surface area (Å²) in [5, 5.41) is 4.07. The van der Waals surface area contributed by atoms with Gasteiger partial charge >= 0.3 is 5.92 Å². The summed E-state index contributed by atoms with van der Waals surface area (Å²) in [7, 11) is 0. The quantitative estimate of drug-likeness (QED) is 0.268. The molecule has 1 aromatic carbocycles. The first-order valence-corrected chi connectivity index (χ1v) is 11.5. The van der Waals surface area contributed by atoms with E-state index in [4.69, 9.17) is 9.51 Å². The van der Waals surface area contributed by atoms with Crippen molar-refractivity contribution in [2.45, 2.75) is 39.7 Å². The van der Waals surface area contributed by atoms with Gasteiger partial charge in [0.1, 0.15) is 5.76 Å². The van der Waals surface area contributed by atoms with Crippen LogP contribution < -0.4 is 0 Å². The van der Waals surface area contributed by atoms with E-state index in [2.05, 4.69) is 14.7 Å². The zero-order chi connectivity index (χ0) is 25.6. The van der Waals surface area contributed by atoms with Crippen LogP contribution in [-0.2, 0) is 10.7 Å². The molecule has 0 fully saturated rings. The van der Waals surface area contributed by atoms with Crippen molar-refractivity contribution >= 4 is 16.8 Å². The SMILES string of the molecule is CC(=O)C(F)(F)c1ccc(-c2cn([C@@H](C)c3ccccn3)c3cc(-c4c(C)noc4C)cnc23)cc1. The average Bonchev–Trinajstić information content (AvgIpc) is 3.43. The van der Waals surface area contributed by atoms with Gasteiger partial charge in [0.05, 0.1) is 28.5 Å². The number of carbonyl (C=O) groups is 1. The average molecular weight is 487 g/mol. The van der Waals surface area contributed by atoms with Crippen LogP contribution in [0.1, 0.15) is 42.6 Å². The van der Waals surface area contributed by atoms with Crippen molar-refractivity contribution in [3.63, 3.8) is 0 Å². The van der Waals surface area contributed by atoms with E-state index in [-0.39, 0.29) is 11.6 Å². The number of carbonyl (C=O) groups excluding carboxylic acids is 1. The molecule has 0 aliphatic heterocycles. The Morgan fingerprint density at radius 2 is 1.81 bits per heavy atom. The lowest BCUT2D eigenvalue weighted by Gasteiger charge is -2.15. The first kappa shape index (κ1) is 23.5. The molecule has 0 radical (unpaired) electrons. The zero-order valence-corrected chi connectivity index (χ0v) is 20.3. The van der Waals surface area contributed by atoms with Gasteiger partial charge in [-0.1, -0.05) is 35.5 Å². The van der Waals surface area contributed by atoms with Gasteiger partial charge < -0.3 is 9.09 Å². The number of alkyl halides is 2. The molecule has 36 heavy (non-hydrogen) atoms. The fourth-order valence-corrected chi connectivity index (χ4v) is 4.52. The zero-order valence-electron chi connectivity index (χ0n) is 20.3. The number of halogens is 2. The molecule has 1 atom stereocenters. The molecule has 0 spiro atoms. The van der Waals surface area contributed by atoms with E-state index in [1.165, 1.54) is 12.1 Å². The van der Waals surface area contributed by atoms with Crippen LogP contribution in [0.4, 0.5) is 8.78 Å². The maximum atomic E-state index is 14.2. The number of benzene rings is 1. The van der Waals surface area contributed by atoms with Gasteiger partial charge in [-0.15, -0.1) is 0 Å². The molecule has 0 saturated heterocycles. The highest BCUT2D eigenvalue weighted by atomic mass is 19.3. The van der Waals surface area contributed by atoms with Crippen molar-refractivity contribution in [3.05, 3.63) is 89.8 Å². The lowest BCUT2D eigenvalue weighted by Crippen LogP contribution is -2.22. The Labute approximate surface area is 206 Å². The number of fused-ring (bicyclic) bond motifs is 1. The molecule has 5 aromatic rings. The van der Waals surface area contributed by atoms with Gasteiger partial charge in [0.25, 0.3) is 0 Å². The molecule has 5 rings (SSSR count). The number of aromatic nitrogens is 4. The Morgan fingerprint density at radius 3 is 2.42 bits per heavy atom. The molecule has 0 aliphatic carbocycles. The molecule has 0 unspecified atom stereocenters. The summed E-state index contributed by atoms with van der Waals surface area (Å²) in [6.07, 6.45) is 5.48. The Bertz CT molecular complexity index is 1550. The molecular formula is C28H24F2N4O2. The number of nitrogens with zero attached hydrogens (tertiary/aromatic N) is 4. The third-order valence-electron chi connectivity index (χ3n) is 6.52. The molecule has 0 N–H and O–H groups in total. The molecular weight excluding hydrogens is 462 g/mol. The van der Waals surface area contributed by atoms with Gasteiger partial charge in [0.15, 0.2) is 0 Å². The fourth-order valence-electron chi connectivity index (χ4n) is 4.52. The van der Waals surface area contributed by atoms with Crippen molar-refractivity contribution in [2.24, 2.45) is 0 Å². The molecule has 0 saturated carbocycles. The molecule has 0 aliphatic rings. The number of rotatable bonds is 6. The third-order valence-corrected chi connectivity index (χ3v) is 6.52. The summed E-state index contributed by atoms with van der Waals surface area (Å²) in [6.45, 7) is 6.68. The lowest BCUT2D eigenvalue weighted by molar-refractivity contribution is -0.141. The van der Waals surface area contributed by atoms with Crippen molar-refractivity contribution in [3.8, 4) is 22.3 Å². The minimum atomic E-state index is -3.53. The first-order chi connectivity index (χ1) is 17.2. The normalized spacial score (nSPS) is 12.7. The smallest absolute Gasteiger partial charge is 0.330 e. The number of hydrogen-bond acceptors (Lipinski definition) is 5. The van der Waals surface area contributed by atoms with E-state index in [0.717, 1.165) is 46.0 Å². The number of pyridine rings is 2. The fraction of sp³-hybridized carbons (Fsp3) is 0.214. The molecule has 4 heterocycles. The summed E-state index contributed by atoms with van der Waals surface area (Å²) in [4.78, 5) is 20.7. The monoisotopic (exact) mass is 486 g/mol. The van der Waals surface area contributed by atoms with Gasteiger partial charge in [-0.3, -0.25) is 14.8 Å². The second-order valence-electron chi connectivity index (χ2n) is 8.88. The predicted octanol–water partition coefficient (Wildman–Crippen LogP) is 6.66. The Balaban J connectivity index is 1.69. The number of hydrogen-bond donors (Lipinski definition) is 0. The Hall–Kier alpha value is -4.20. The summed E-state index contributed by atoms with van der Waals surface area (Å²) >= 11 is 0. The van der Waals surface area contributed by atoms with Crippen molar-refractivity contribution < 1.29 is 18.1 Å². The van der Waals surface area contributed by atoms with Crippen LogP contribution in [0.15, 0.2) is 71.6 Å². The molecule has 182 valence electrons. The van der Waals surface area contributed by atoms with Crippen LogP contribution in [-0.4, -0.2) is 25.5 Å². The molecule has 6 nitrogen and oxygen atoms in total. The second kappa shape index (κ2) is 8.78. The van der Waals surface area contributed by atoms with Crippen LogP contribution in [0.3, 0.4) is 0 Å². The largest absolute Gasteiger partial charge is 0.361 e. The van der Waals surface area contributed by atoms with E-state index in [1.807, 2.05) is 51.2 Å². The highest BCUT2D eigenvalue weighted by Crippen LogP contribution is 2.37. The van der Waals surface area contributed by atoms with Gasteiger partial charge in [0.2, 0.25) is 5.78 Å². The molecule has 4 aromatic heterocycles. The molecule has 0 bridgehead atoms. The second-order valence-corrected chi connectivity index (χ2v) is 8.88. The molecule has 8 heteroatoms. The highest BCUT2D eigenvalue weighted by Gasteiger charge is 2.37. The summed E-state index contributed by atoms with van der Waals surface area (Å²) in [5.41, 5.74) is 6.15. The number of Topliss-reactive ketones (excluding diaryl/α,β-unsaturated/α-hetero) is 1. The van der Waals surface area contributed by atoms with Gasteiger partial charge in [-0.25, -0.2) is 0 Å². The van der Waals surface area contributed by atoms with Crippen molar-refractivity contribution in [2.75, 3.05) is 0 Å².